The molecule has 1 aliphatic rings. The zero-order chi connectivity index (χ0) is 15.2. The van der Waals surface area contributed by atoms with Gasteiger partial charge in [-0.05, 0) is 18.1 Å². The molecule has 19 heavy (non-hydrogen) atoms. The van der Waals surface area contributed by atoms with Gasteiger partial charge in [-0.1, -0.05) is 6.92 Å². The first kappa shape index (κ1) is 15.9. The summed E-state index contributed by atoms with van der Waals surface area (Å²) >= 11 is 0. The lowest BCUT2D eigenvalue weighted by Gasteiger charge is -2.25. The second-order valence-corrected chi connectivity index (χ2v) is 3.86. The van der Waals surface area contributed by atoms with Crippen LogP contribution in [0.4, 0.5) is 39.5 Å². The predicted molar refractivity (Wildman–Crippen MR) is 47.1 cm³/mol. The van der Waals surface area contributed by atoms with Gasteiger partial charge in [0, 0.05) is 5.57 Å². The molecule has 0 N–H and O–H groups in total. The second-order valence-electron chi connectivity index (χ2n) is 3.86. The molecule has 0 nitrogen and oxygen atoms in total. The summed E-state index contributed by atoms with van der Waals surface area (Å²) in [6.45, 7) is 1.06. The van der Waals surface area contributed by atoms with Gasteiger partial charge >= 0.3 is 18.5 Å². The molecule has 0 aliphatic heterocycles. The molecule has 1 atom stereocenters. The quantitative estimate of drug-likeness (QED) is 0.602. The molecule has 0 saturated carbocycles. The number of rotatable bonds is 1. The van der Waals surface area contributed by atoms with Crippen molar-refractivity contribution in [3.8, 4) is 0 Å². The molecular weight excluding hydrogens is 291 g/mol. The van der Waals surface area contributed by atoms with Crippen LogP contribution in [0.5, 0.6) is 0 Å². The normalized spacial score (nSPS) is 22.0. The minimum atomic E-state index is -5.65. The van der Waals surface area contributed by atoms with Gasteiger partial charge < -0.3 is 0 Å². The standard InChI is InChI=1S/C10H7F9/c1-2-4-3-5(8(11,12)13)7(10(17,18)19)6(4)9(14,15)16/h3,7H,2H2,1H3. The fraction of sp³-hybridized carbons (Fsp3) is 0.600. The summed E-state index contributed by atoms with van der Waals surface area (Å²) in [6, 6.07) is 0. The maximum absolute atomic E-state index is 12.6. The highest BCUT2D eigenvalue weighted by molar-refractivity contribution is 5.47. The van der Waals surface area contributed by atoms with Gasteiger partial charge in [0.05, 0.1) is 5.57 Å². The first-order chi connectivity index (χ1) is 8.30. The number of halogens is 9. The molecule has 0 bridgehead atoms. The highest BCUT2D eigenvalue weighted by atomic mass is 19.4. The Hall–Kier alpha value is -1.15. The van der Waals surface area contributed by atoms with E-state index in [1.165, 1.54) is 0 Å². The van der Waals surface area contributed by atoms with Crippen molar-refractivity contribution in [3.63, 3.8) is 0 Å². The zero-order valence-corrected chi connectivity index (χ0v) is 9.26. The molecule has 0 radical (unpaired) electrons. The third-order valence-electron chi connectivity index (χ3n) is 2.62. The molecule has 0 aromatic rings. The van der Waals surface area contributed by atoms with Crippen molar-refractivity contribution in [2.45, 2.75) is 31.9 Å². The van der Waals surface area contributed by atoms with Gasteiger partial charge in [-0.15, -0.1) is 0 Å². The third-order valence-corrected chi connectivity index (χ3v) is 2.62. The summed E-state index contributed by atoms with van der Waals surface area (Å²) in [6.07, 6.45) is -17.2. The van der Waals surface area contributed by atoms with E-state index in [0.29, 0.717) is 0 Å². The van der Waals surface area contributed by atoms with Crippen LogP contribution in [0.25, 0.3) is 0 Å². The molecule has 0 saturated heterocycles. The summed E-state index contributed by atoms with van der Waals surface area (Å²) in [7, 11) is 0. The van der Waals surface area contributed by atoms with Gasteiger partial charge in [-0.3, -0.25) is 0 Å². The first-order valence-electron chi connectivity index (χ1n) is 4.95. The molecule has 1 unspecified atom stereocenters. The molecule has 0 amide bonds. The Morgan fingerprint density at radius 1 is 0.895 bits per heavy atom. The molecule has 110 valence electrons. The Morgan fingerprint density at radius 2 is 1.37 bits per heavy atom. The maximum atomic E-state index is 12.6. The molecular formula is C10H7F9. The Balaban J connectivity index is 3.46. The topological polar surface area (TPSA) is 0 Å². The zero-order valence-electron chi connectivity index (χ0n) is 9.26. The fourth-order valence-electron chi connectivity index (χ4n) is 1.91. The Morgan fingerprint density at radius 3 is 1.63 bits per heavy atom. The van der Waals surface area contributed by atoms with Crippen LogP contribution >= 0.6 is 0 Å². The molecule has 0 fully saturated rings. The van der Waals surface area contributed by atoms with E-state index in [-0.39, 0.29) is 6.08 Å². The first-order valence-corrected chi connectivity index (χ1v) is 4.95. The molecule has 9 heteroatoms. The van der Waals surface area contributed by atoms with Crippen molar-refractivity contribution >= 4 is 0 Å². The lowest BCUT2D eigenvalue weighted by atomic mass is 9.93. The van der Waals surface area contributed by atoms with E-state index in [2.05, 4.69) is 0 Å². The van der Waals surface area contributed by atoms with Gasteiger partial charge in [0.15, 0.2) is 0 Å². The fourth-order valence-corrected chi connectivity index (χ4v) is 1.91. The van der Waals surface area contributed by atoms with Crippen molar-refractivity contribution in [1.29, 1.82) is 0 Å². The van der Waals surface area contributed by atoms with Crippen LogP contribution in [0.15, 0.2) is 22.8 Å². The van der Waals surface area contributed by atoms with Gasteiger partial charge in [0.2, 0.25) is 0 Å². The summed E-state index contributed by atoms with van der Waals surface area (Å²) in [4.78, 5) is 0. The number of alkyl halides is 9. The summed E-state index contributed by atoms with van der Waals surface area (Å²) in [5.74, 6) is -3.66. The highest BCUT2D eigenvalue weighted by Crippen LogP contribution is 2.53. The Bertz CT molecular complexity index is 416. The average Bonchev–Trinajstić information content (AvgIpc) is 2.54. The van der Waals surface area contributed by atoms with Crippen LogP contribution in [-0.2, 0) is 0 Å². The van der Waals surface area contributed by atoms with Crippen LogP contribution < -0.4 is 0 Å². The van der Waals surface area contributed by atoms with Crippen molar-refractivity contribution in [2.75, 3.05) is 0 Å². The monoisotopic (exact) mass is 298 g/mol. The smallest absolute Gasteiger partial charge is 0.170 e. The van der Waals surface area contributed by atoms with Crippen molar-refractivity contribution < 1.29 is 39.5 Å². The molecule has 0 spiro atoms. The molecule has 1 rings (SSSR count). The van der Waals surface area contributed by atoms with E-state index in [1.54, 1.807) is 0 Å². The summed E-state index contributed by atoms with van der Waals surface area (Å²) in [5, 5.41) is 0. The van der Waals surface area contributed by atoms with E-state index in [1.807, 2.05) is 0 Å². The van der Waals surface area contributed by atoms with Crippen molar-refractivity contribution in [3.05, 3.63) is 22.8 Å². The van der Waals surface area contributed by atoms with Gasteiger partial charge in [0.1, 0.15) is 5.92 Å². The van der Waals surface area contributed by atoms with Crippen LogP contribution in [-0.4, -0.2) is 18.5 Å². The largest absolute Gasteiger partial charge is 0.413 e. The number of allylic oxidation sites excluding steroid dienone is 4. The summed E-state index contributed by atoms with van der Waals surface area (Å²) in [5.41, 5.74) is -5.37. The maximum Gasteiger partial charge on any atom is 0.413 e. The Labute approximate surface area is 101 Å². The van der Waals surface area contributed by atoms with E-state index in [4.69, 9.17) is 0 Å². The summed E-state index contributed by atoms with van der Waals surface area (Å²) < 4.78 is 113. The van der Waals surface area contributed by atoms with Gasteiger partial charge in [-0.2, -0.15) is 39.5 Å². The lowest BCUT2D eigenvalue weighted by Crippen LogP contribution is -2.35. The molecule has 1 aliphatic carbocycles. The highest BCUT2D eigenvalue weighted by Gasteiger charge is 2.60. The van der Waals surface area contributed by atoms with E-state index < -0.39 is 47.6 Å². The van der Waals surface area contributed by atoms with Gasteiger partial charge in [0.25, 0.3) is 0 Å². The van der Waals surface area contributed by atoms with Crippen LogP contribution in [0.1, 0.15) is 13.3 Å². The van der Waals surface area contributed by atoms with Crippen LogP contribution in [0.2, 0.25) is 0 Å². The molecule has 0 aromatic heterocycles. The Kier molecular flexibility index (Phi) is 3.72. The molecule has 0 aromatic carbocycles. The average molecular weight is 298 g/mol. The predicted octanol–water partition coefficient (Wildman–Crippen LogP) is 4.94. The SMILES string of the molecule is CCC1=C(C(F)(F)F)C(C(F)(F)F)C(C(F)(F)F)=C1. The van der Waals surface area contributed by atoms with E-state index in [9.17, 15) is 39.5 Å². The van der Waals surface area contributed by atoms with Crippen LogP contribution in [0, 0.1) is 5.92 Å². The number of hydrogen-bond donors (Lipinski definition) is 0. The van der Waals surface area contributed by atoms with E-state index in [0.717, 1.165) is 6.92 Å². The minimum Gasteiger partial charge on any atom is -0.170 e. The van der Waals surface area contributed by atoms with Gasteiger partial charge in [-0.25, -0.2) is 0 Å². The van der Waals surface area contributed by atoms with E-state index >= 15 is 0 Å². The number of hydrogen-bond acceptors (Lipinski definition) is 0. The lowest BCUT2D eigenvalue weighted by molar-refractivity contribution is -0.192. The van der Waals surface area contributed by atoms with Crippen molar-refractivity contribution in [1.82, 2.24) is 0 Å². The van der Waals surface area contributed by atoms with Crippen LogP contribution in [0.3, 0.4) is 0 Å². The second kappa shape index (κ2) is 4.45. The van der Waals surface area contributed by atoms with Crippen molar-refractivity contribution in [2.24, 2.45) is 5.92 Å². The molecule has 0 heterocycles. The third kappa shape index (κ3) is 3.06. The minimum absolute atomic E-state index is 0.0546.